The number of methoxy groups -OCH3 is 1. The molecule has 1 N–H and O–H groups in total. The number of ether oxygens (including phenoxy) is 1. The van der Waals surface area contributed by atoms with Crippen molar-refractivity contribution in [2.75, 3.05) is 45.2 Å². The molecule has 26 heavy (non-hydrogen) atoms. The van der Waals surface area contributed by atoms with Gasteiger partial charge < -0.3 is 15.0 Å². The Kier molecular flexibility index (Phi) is 6.07. The zero-order chi connectivity index (χ0) is 17.2. The molecule has 4 rings (SSSR count). The minimum atomic E-state index is 0. The summed E-state index contributed by atoms with van der Waals surface area (Å²) in [6, 6.07) is 18.2. The number of rotatable bonds is 4. The Hall–Kier alpha value is -1.75. The van der Waals surface area contributed by atoms with E-state index in [0.717, 1.165) is 38.3 Å². The predicted molar refractivity (Wildman–Crippen MR) is 110 cm³/mol. The summed E-state index contributed by atoms with van der Waals surface area (Å²) in [5.74, 6) is 0.970. The lowest BCUT2D eigenvalue weighted by Gasteiger charge is -2.41. The van der Waals surface area contributed by atoms with Gasteiger partial charge in [-0.3, -0.25) is 4.90 Å². The molecule has 0 radical (unpaired) electrons. The van der Waals surface area contributed by atoms with Crippen molar-refractivity contribution >= 4 is 18.1 Å². The molecule has 0 unspecified atom stereocenters. The molecule has 1 aliphatic carbocycles. The van der Waals surface area contributed by atoms with Gasteiger partial charge in [0.15, 0.2) is 0 Å². The Morgan fingerprint density at radius 3 is 2.38 bits per heavy atom. The van der Waals surface area contributed by atoms with Gasteiger partial charge in [0.25, 0.3) is 0 Å². The number of piperazine rings is 1. The first-order chi connectivity index (χ1) is 12.3. The molecule has 1 saturated heterocycles. The number of hydrogen-bond donors (Lipinski definition) is 1. The van der Waals surface area contributed by atoms with Crippen LogP contribution >= 0.6 is 12.4 Å². The highest BCUT2D eigenvalue weighted by atomic mass is 35.5. The van der Waals surface area contributed by atoms with E-state index in [1.807, 2.05) is 12.1 Å². The van der Waals surface area contributed by atoms with Gasteiger partial charge in [-0.1, -0.05) is 36.4 Å². The molecule has 0 bridgehead atoms. The molecule has 2 aromatic rings. The van der Waals surface area contributed by atoms with Gasteiger partial charge in [0, 0.05) is 38.3 Å². The van der Waals surface area contributed by atoms with Crippen molar-refractivity contribution in [1.29, 1.82) is 0 Å². The SMILES string of the molecule is CN[C@@H]1c2ccccc2C[C@H]1N1CCN(c2ccccc2OC)CC1.Cl. The first kappa shape index (κ1) is 19.0. The highest BCUT2D eigenvalue weighted by molar-refractivity contribution is 5.85. The highest BCUT2D eigenvalue weighted by Gasteiger charge is 2.36. The molecule has 0 saturated carbocycles. The molecule has 2 aromatic carbocycles. The normalized spacial score (nSPS) is 22.6. The van der Waals surface area contributed by atoms with Crippen molar-refractivity contribution in [3.05, 3.63) is 59.7 Å². The van der Waals surface area contributed by atoms with E-state index in [1.165, 1.54) is 16.8 Å². The van der Waals surface area contributed by atoms with Crippen LogP contribution in [0.3, 0.4) is 0 Å². The van der Waals surface area contributed by atoms with Crippen LogP contribution in [0.25, 0.3) is 0 Å². The standard InChI is InChI=1S/C21H27N3O.ClH/c1-22-21-17-8-4-3-7-16(17)15-19(21)24-13-11-23(12-14-24)18-9-5-6-10-20(18)25-2;/h3-10,19,21-22H,11-15H2,1-2H3;1H/t19-,21-;/m1./s1. The molecule has 0 spiro atoms. The summed E-state index contributed by atoms with van der Waals surface area (Å²) in [7, 11) is 3.84. The molecule has 4 nitrogen and oxygen atoms in total. The Bertz CT molecular complexity index is 731. The molecule has 5 heteroatoms. The Morgan fingerprint density at radius 1 is 0.962 bits per heavy atom. The van der Waals surface area contributed by atoms with E-state index in [-0.39, 0.29) is 12.4 Å². The van der Waals surface area contributed by atoms with Crippen LogP contribution in [0.1, 0.15) is 17.2 Å². The van der Waals surface area contributed by atoms with Gasteiger partial charge in [-0.05, 0) is 36.7 Å². The second-order valence-corrected chi connectivity index (χ2v) is 6.93. The van der Waals surface area contributed by atoms with Gasteiger partial charge >= 0.3 is 0 Å². The van der Waals surface area contributed by atoms with Crippen LogP contribution < -0.4 is 15.0 Å². The number of hydrogen-bond acceptors (Lipinski definition) is 4. The van der Waals surface area contributed by atoms with Crippen molar-refractivity contribution in [3.8, 4) is 5.75 Å². The van der Waals surface area contributed by atoms with Crippen molar-refractivity contribution in [2.45, 2.75) is 18.5 Å². The lowest BCUT2D eigenvalue weighted by molar-refractivity contribution is 0.160. The summed E-state index contributed by atoms with van der Waals surface area (Å²) in [5.41, 5.74) is 4.19. The lowest BCUT2D eigenvalue weighted by Crippen LogP contribution is -2.53. The largest absolute Gasteiger partial charge is 0.495 e. The molecule has 1 heterocycles. The number of benzene rings is 2. The molecule has 2 atom stereocenters. The lowest BCUT2D eigenvalue weighted by atomic mass is 10.1. The fourth-order valence-corrected chi connectivity index (χ4v) is 4.45. The number of likely N-dealkylation sites (N-methyl/N-ethyl adjacent to an activating group) is 1. The Labute approximate surface area is 162 Å². The van der Waals surface area contributed by atoms with Crippen LogP contribution in [-0.4, -0.2) is 51.3 Å². The molecule has 2 aliphatic rings. The summed E-state index contributed by atoms with van der Waals surface area (Å²) in [6.07, 6.45) is 1.15. The molecular formula is C21H28ClN3O. The first-order valence-corrected chi connectivity index (χ1v) is 9.19. The number of nitrogens with zero attached hydrogens (tertiary/aromatic N) is 2. The summed E-state index contributed by atoms with van der Waals surface area (Å²) < 4.78 is 5.54. The maximum atomic E-state index is 5.54. The molecular weight excluding hydrogens is 346 g/mol. The second-order valence-electron chi connectivity index (χ2n) is 6.93. The average Bonchev–Trinajstić information content (AvgIpc) is 3.06. The van der Waals surface area contributed by atoms with Gasteiger partial charge in [0.1, 0.15) is 5.75 Å². The minimum Gasteiger partial charge on any atom is -0.495 e. The monoisotopic (exact) mass is 373 g/mol. The van der Waals surface area contributed by atoms with Crippen molar-refractivity contribution in [3.63, 3.8) is 0 Å². The zero-order valence-electron chi connectivity index (χ0n) is 15.5. The second kappa shape index (κ2) is 8.30. The molecule has 0 aromatic heterocycles. The first-order valence-electron chi connectivity index (χ1n) is 9.19. The van der Waals surface area contributed by atoms with E-state index in [4.69, 9.17) is 4.74 Å². The third kappa shape index (κ3) is 3.41. The van der Waals surface area contributed by atoms with Crippen molar-refractivity contribution < 1.29 is 4.74 Å². The van der Waals surface area contributed by atoms with E-state index in [9.17, 15) is 0 Å². The van der Waals surface area contributed by atoms with Gasteiger partial charge in [0.05, 0.1) is 12.8 Å². The summed E-state index contributed by atoms with van der Waals surface area (Å²) in [6.45, 7) is 4.27. The topological polar surface area (TPSA) is 27.7 Å². The fourth-order valence-electron chi connectivity index (χ4n) is 4.45. The Balaban J connectivity index is 0.00000196. The quantitative estimate of drug-likeness (QED) is 0.891. The van der Waals surface area contributed by atoms with Gasteiger partial charge in [-0.15, -0.1) is 12.4 Å². The van der Waals surface area contributed by atoms with E-state index in [1.54, 1.807) is 7.11 Å². The maximum absolute atomic E-state index is 5.54. The minimum absolute atomic E-state index is 0. The van der Waals surface area contributed by atoms with Crippen molar-refractivity contribution in [2.24, 2.45) is 0 Å². The van der Waals surface area contributed by atoms with Crippen LogP contribution in [0.2, 0.25) is 0 Å². The number of fused-ring (bicyclic) bond motifs is 1. The average molecular weight is 374 g/mol. The van der Waals surface area contributed by atoms with Gasteiger partial charge in [-0.2, -0.15) is 0 Å². The van der Waals surface area contributed by atoms with Gasteiger partial charge in [-0.25, -0.2) is 0 Å². The van der Waals surface area contributed by atoms with Crippen LogP contribution in [0.4, 0.5) is 5.69 Å². The third-order valence-electron chi connectivity index (χ3n) is 5.72. The molecule has 140 valence electrons. The predicted octanol–water partition coefficient (Wildman–Crippen LogP) is 3.12. The molecule has 1 fully saturated rings. The van der Waals surface area contributed by atoms with E-state index in [2.05, 4.69) is 58.6 Å². The summed E-state index contributed by atoms with van der Waals surface area (Å²) in [5, 5.41) is 3.55. The highest BCUT2D eigenvalue weighted by Crippen LogP contribution is 2.35. The Morgan fingerprint density at radius 2 is 1.65 bits per heavy atom. The van der Waals surface area contributed by atoms with E-state index >= 15 is 0 Å². The summed E-state index contributed by atoms with van der Waals surface area (Å²) in [4.78, 5) is 5.11. The zero-order valence-corrected chi connectivity index (χ0v) is 16.3. The van der Waals surface area contributed by atoms with Crippen molar-refractivity contribution in [1.82, 2.24) is 10.2 Å². The smallest absolute Gasteiger partial charge is 0.142 e. The van der Waals surface area contributed by atoms with Gasteiger partial charge in [0.2, 0.25) is 0 Å². The van der Waals surface area contributed by atoms with Crippen LogP contribution in [0.15, 0.2) is 48.5 Å². The molecule has 1 aliphatic heterocycles. The fraction of sp³-hybridized carbons (Fsp3) is 0.429. The van der Waals surface area contributed by atoms with E-state index < -0.39 is 0 Å². The van der Waals surface area contributed by atoms with Crippen LogP contribution in [-0.2, 0) is 6.42 Å². The number of halogens is 1. The number of nitrogens with one attached hydrogen (secondary N) is 1. The van der Waals surface area contributed by atoms with Crippen LogP contribution in [0, 0.1) is 0 Å². The number of anilines is 1. The molecule has 0 amide bonds. The maximum Gasteiger partial charge on any atom is 0.142 e. The van der Waals surface area contributed by atoms with E-state index in [0.29, 0.717) is 12.1 Å². The number of para-hydroxylation sites is 2. The third-order valence-corrected chi connectivity index (χ3v) is 5.72. The van der Waals surface area contributed by atoms with Crippen LogP contribution in [0.5, 0.6) is 5.75 Å². The summed E-state index contributed by atoms with van der Waals surface area (Å²) >= 11 is 0.